The Morgan fingerprint density at radius 1 is 1.00 bits per heavy atom. The zero-order chi connectivity index (χ0) is 20.0. The minimum absolute atomic E-state index is 0.108. The lowest BCUT2D eigenvalue weighted by Crippen LogP contribution is -2.92. The number of amides is 1. The molecule has 0 aromatic heterocycles. The largest absolute Gasteiger partial charge is 0.336 e. The van der Waals surface area contributed by atoms with E-state index in [2.05, 4.69) is 5.32 Å². The average Bonchev–Trinajstić information content (AvgIpc) is 2.67. The van der Waals surface area contributed by atoms with Crippen molar-refractivity contribution in [3.8, 4) is 0 Å². The molecule has 0 spiro atoms. The van der Waals surface area contributed by atoms with Gasteiger partial charge in [-0.15, -0.1) is 0 Å². The third-order valence-corrected chi connectivity index (χ3v) is 8.22. The highest BCUT2D eigenvalue weighted by Gasteiger charge is 2.31. The lowest BCUT2D eigenvalue weighted by Gasteiger charge is -2.34. The molecule has 6 nitrogen and oxygen atoms in total. The number of benzene rings is 1. The van der Waals surface area contributed by atoms with E-state index in [1.807, 2.05) is 0 Å². The number of hydrogen-bond donors (Lipinski definition) is 1. The summed E-state index contributed by atoms with van der Waals surface area (Å²) < 4.78 is 27.0. The normalized spacial score (nSPS) is 20.5. The first-order chi connectivity index (χ1) is 13.5. The molecule has 28 heavy (non-hydrogen) atoms. The quantitative estimate of drug-likeness (QED) is 0.777. The zero-order valence-electron chi connectivity index (χ0n) is 16.4. The summed E-state index contributed by atoms with van der Waals surface area (Å²) >= 11 is 6.07. The van der Waals surface area contributed by atoms with E-state index in [0.29, 0.717) is 38.8 Å². The first-order valence-corrected chi connectivity index (χ1v) is 12.2. The zero-order valence-corrected chi connectivity index (χ0v) is 17.9. The van der Waals surface area contributed by atoms with Gasteiger partial charge in [0, 0.05) is 26.2 Å². The molecule has 1 aliphatic heterocycles. The van der Waals surface area contributed by atoms with Gasteiger partial charge in [0.15, 0.2) is 6.54 Å². The number of piperazine rings is 1. The van der Waals surface area contributed by atoms with Crippen LogP contribution in [0.4, 0.5) is 0 Å². The van der Waals surface area contributed by atoms with Crippen molar-refractivity contribution in [1.29, 1.82) is 0 Å². The van der Waals surface area contributed by atoms with Gasteiger partial charge in [0.25, 0.3) is 5.91 Å². The summed E-state index contributed by atoms with van der Waals surface area (Å²) in [5.74, 6) is 0.108. The van der Waals surface area contributed by atoms with Crippen molar-refractivity contribution in [2.45, 2.75) is 55.9 Å². The van der Waals surface area contributed by atoms with Crippen molar-refractivity contribution in [3.63, 3.8) is 0 Å². The van der Waals surface area contributed by atoms with Crippen LogP contribution < -0.4 is 5.32 Å². The number of halogens is 1. The van der Waals surface area contributed by atoms with Crippen LogP contribution in [0, 0.1) is 0 Å². The molecule has 156 valence electrons. The second kappa shape index (κ2) is 10.1. The van der Waals surface area contributed by atoms with Crippen LogP contribution in [0.2, 0.25) is 5.02 Å². The first kappa shape index (κ1) is 21.6. The molecule has 3 rings (SSSR count). The number of quaternary nitrogens is 1. The molecule has 0 bridgehead atoms. The second-order valence-corrected chi connectivity index (χ2v) is 10.1. The molecular formula is C20H31ClN3O3S+. The van der Waals surface area contributed by atoms with Crippen LogP contribution in [-0.2, 0) is 14.8 Å². The molecule has 1 saturated heterocycles. The van der Waals surface area contributed by atoms with Crippen LogP contribution in [0.5, 0.6) is 0 Å². The predicted molar refractivity (Wildman–Crippen MR) is 110 cm³/mol. The Balaban J connectivity index is 1.49. The Morgan fingerprint density at radius 3 is 2.25 bits per heavy atom. The second-order valence-electron chi connectivity index (χ2n) is 7.76. The van der Waals surface area contributed by atoms with Gasteiger partial charge >= 0.3 is 0 Å². The fourth-order valence-corrected chi connectivity index (χ4v) is 6.01. The number of nitrogens with zero attached hydrogens (tertiary/aromatic N) is 2. The molecule has 1 heterocycles. The van der Waals surface area contributed by atoms with Crippen molar-refractivity contribution in [3.05, 3.63) is 29.3 Å². The van der Waals surface area contributed by atoms with Crippen molar-refractivity contribution in [1.82, 2.24) is 9.21 Å². The molecule has 2 fully saturated rings. The van der Waals surface area contributed by atoms with Crippen molar-refractivity contribution in [2.75, 3.05) is 32.7 Å². The standard InChI is InChI=1S/C20H30ClN3O3S/c21-18-10-6-7-11-19(18)28(26,27)24-14-12-23(13-15-24)20(25)16-22-17-8-4-2-1-3-5-9-17/h6-7,10-11,17,22H,1-5,8-9,12-16H2/p+1. The summed E-state index contributed by atoms with van der Waals surface area (Å²) in [4.78, 5) is 14.5. The van der Waals surface area contributed by atoms with Gasteiger partial charge in [-0.1, -0.05) is 43.0 Å². The van der Waals surface area contributed by atoms with Crippen LogP contribution >= 0.6 is 11.6 Å². The number of sulfonamides is 1. The number of nitrogens with two attached hydrogens (primary N) is 1. The third kappa shape index (κ3) is 5.47. The number of carbonyl (C=O) groups is 1. The van der Waals surface area contributed by atoms with Crippen LogP contribution in [0.25, 0.3) is 0 Å². The molecular weight excluding hydrogens is 398 g/mol. The van der Waals surface area contributed by atoms with Crippen LogP contribution in [-0.4, -0.2) is 62.3 Å². The number of rotatable bonds is 5. The van der Waals surface area contributed by atoms with E-state index in [1.54, 1.807) is 23.1 Å². The average molecular weight is 429 g/mol. The Bertz CT molecular complexity index is 756. The monoisotopic (exact) mass is 428 g/mol. The van der Waals surface area contributed by atoms with Crippen LogP contribution in [0.3, 0.4) is 0 Å². The van der Waals surface area contributed by atoms with Gasteiger partial charge < -0.3 is 10.2 Å². The highest BCUT2D eigenvalue weighted by molar-refractivity contribution is 7.89. The van der Waals surface area contributed by atoms with Gasteiger partial charge in [0.05, 0.1) is 11.1 Å². The summed E-state index contributed by atoms with van der Waals surface area (Å²) in [7, 11) is -3.62. The predicted octanol–water partition coefficient (Wildman–Crippen LogP) is 1.85. The molecule has 2 aliphatic rings. The van der Waals surface area contributed by atoms with Crippen LogP contribution in [0.15, 0.2) is 29.2 Å². The molecule has 1 aliphatic carbocycles. The van der Waals surface area contributed by atoms with Gasteiger partial charge in [-0.3, -0.25) is 4.79 Å². The summed E-state index contributed by atoms with van der Waals surface area (Å²) in [5, 5.41) is 2.43. The number of carbonyl (C=O) groups excluding carboxylic acids is 1. The van der Waals surface area contributed by atoms with Crippen molar-refractivity contribution >= 4 is 27.5 Å². The maximum atomic E-state index is 12.8. The molecule has 0 radical (unpaired) electrons. The van der Waals surface area contributed by atoms with E-state index in [9.17, 15) is 13.2 Å². The highest BCUT2D eigenvalue weighted by atomic mass is 35.5. The van der Waals surface area contributed by atoms with Gasteiger partial charge in [0.1, 0.15) is 4.90 Å². The highest BCUT2D eigenvalue weighted by Crippen LogP contribution is 2.25. The molecule has 1 aromatic rings. The van der Waals surface area contributed by atoms with E-state index in [4.69, 9.17) is 11.6 Å². The molecule has 1 aromatic carbocycles. The summed E-state index contributed by atoms with van der Waals surface area (Å²) in [6.07, 6.45) is 8.85. The summed E-state index contributed by atoms with van der Waals surface area (Å²) in [5.41, 5.74) is 0. The Kier molecular flexibility index (Phi) is 7.74. The molecule has 1 saturated carbocycles. The fraction of sp³-hybridized carbons (Fsp3) is 0.650. The van der Waals surface area contributed by atoms with E-state index < -0.39 is 10.0 Å². The first-order valence-electron chi connectivity index (χ1n) is 10.3. The van der Waals surface area contributed by atoms with E-state index >= 15 is 0 Å². The van der Waals surface area contributed by atoms with Crippen LogP contribution in [0.1, 0.15) is 44.9 Å². The van der Waals surface area contributed by atoms with E-state index in [1.165, 1.54) is 55.3 Å². The minimum atomic E-state index is -3.62. The third-order valence-electron chi connectivity index (χ3n) is 5.82. The Hall–Kier alpha value is -1.15. The summed E-state index contributed by atoms with van der Waals surface area (Å²) in [6.45, 7) is 1.94. The SMILES string of the molecule is O=C(C[NH2+]C1CCCCCCC1)N1CCN(S(=O)(=O)c2ccccc2Cl)CC1. The smallest absolute Gasteiger partial charge is 0.277 e. The summed E-state index contributed by atoms with van der Waals surface area (Å²) in [6, 6.07) is 7.04. The van der Waals surface area contributed by atoms with E-state index in [0.717, 1.165) is 0 Å². The lowest BCUT2D eigenvalue weighted by atomic mass is 9.97. The topological polar surface area (TPSA) is 74.3 Å². The van der Waals surface area contributed by atoms with Gasteiger partial charge in [-0.25, -0.2) is 8.42 Å². The minimum Gasteiger partial charge on any atom is -0.336 e. The Morgan fingerprint density at radius 2 is 1.61 bits per heavy atom. The van der Waals surface area contributed by atoms with Gasteiger partial charge in [-0.05, 0) is 37.8 Å². The van der Waals surface area contributed by atoms with Crippen molar-refractivity contribution < 1.29 is 18.5 Å². The fourth-order valence-electron chi connectivity index (χ4n) is 4.09. The maximum Gasteiger partial charge on any atom is 0.277 e. The van der Waals surface area contributed by atoms with E-state index in [-0.39, 0.29) is 15.8 Å². The molecule has 0 atom stereocenters. The molecule has 0 unspecified atom stereocenters. The van der Waals surface area contributed by atoms with Gasteiger partial charge in [0.2, 0.25) is 10.0 Å². The Labute approximate surface area is 173 Å². The molecule has 2 N–H and O–H groups in total. The molecule has 8 heteroatoms. The lowest BCUT2D eigenvalue weighted by molar-refractivity contribution is -0.681. The van der Waals surface area contributed by atoms with Crippen molar-refractivity contribution in [2.24, 2.45) is 0 Å². The van der Waals surface area contributed by atoms with Gasteiger partial charge in [-0.2, -0.15) is 4.31 Å². The molecule has 1 amide bonds. The number of hydrogen-bond acceptors (Lipinski definition) is 3. The maximum absolute atomic E-state index is 12.8.